The molecule has 1 aliphatic carbocycles. The van der Waals surface area contributed by atoms with Gasteiger partial charge in [-0.3, -0.25) is 0 Å². The fourth-order valence-corrected chi connectivity index (χ4v) is 3.41. The number of methoxy groups -OCH3 is 1. The van der Waals surface area contributed by atoms with Gasteiger partial charge in [-0.1, -0.05) is 0 Å². The molecule has 0 spiro atoms. The summed E-state index contributed by atoms with van der Waals surface area (Å²) in [5.41, 5.74) is 1.10. The summed E-state index contributed by atoms with van der Waals surface area (Å²) in [6.45, 7) is 5.65. The average Bonchev–Trinajstić information content (AvgIpc) is 3.23. The average molecular weight is 421 g/mol. The highest BCUT2D eigenvalue weighted by atomic mass is 79.9. The molecule has 21 heavy (non-hydrogen) atoms. The van der Waals surface area contributed by atoms with Gasteiger partial charge in [-0.05, 0) is 76.2 Å². The highest BCUT2D eigenvalue weighted by Gasteiger charge is 2.21. The van der Waals surface area contributed by atoms with Gasteiger partial charge in [0.2, 0.25) is 0 Å². The maximum atomic E-state index is 5.90. The lowest BCUT2D eigenvalue weighted by molar-refractivity contribution is 0.00533. The Morgan fingerprint density at radius 3 is 2.38 bits per heavy atom. The van der Waals surface area contributed by atoms with Crippen LogP contribution in [0.3, 0.4) is 0 Å². The molecule has 0 bridgehead atoms. The van der Waals surface area contributed by atoms with E-state index in [9.17, 15) is 0 Å². The van der Waals surface area contributed by atoms with Gasteiger partial charge < -0.3 is 14.8 Å². The van der Waals surface area contributed by atoms with E-state index in [1.54, 1.807) is 7.11 Å². The summed E-state index contributed by atoms with van der Waals surface area (Å²) in [5.74, 6) is 0.858. The summed E-state index contributed by atoms with van der Waals surface area (Å²) in [4.78, 5) is 0. The first-order valence-electron chi connectivity index (χ1n) is 7.30. The standard InChI is InChI=1S/C16H23Br2NO2/c1-16(2,20-3)6-7-21-15-13(17)8-11(9-14(15)18)10-19-12-4-5-12/h8-9,12,19H,4-7,10H2,1-3H3. The second-order valence-corrected chi connectivity index (χ2v) is 7.81. The lowest BCUT2D eigenvalue weighted by Gasteiger charge is -2.23. The molecule has 0 aromatic heterocycles. The molecule has 0 atom stereocenters. The first-order valence-corrected chi connectivity index (χ1v) is 8.89. The van der Waals surface area contributed by atoms with Crippen LogP contribution in [0.1, 0.15) is 38.7 Å². The van der Waals surface area contributed by atoms with Gasteiger partial charge >= 0.3 is 0 Å². The van der Waals surface area contributed by atoms with Gasteiger partial charge in [0.1, 0.15) is 5.75 Å². The third-order valence-corrected chi connectivity index (χ3v) is 4.91. The van der Waals surface area contributed by atoms with Crippen molar-refractivity contribution in [3.63, 3.8) is 0 Å². The molecule has 2 rings (SSSR count). The zero-order chi connectivity index (χ0) is 15.5. The van der Waals surface area contributed by atoms with Crippen molar-refractivity contribution in [2.24, 2.45) is 0 Å². The molecule has 1 aliphatic rings. The van der Waals surface area contributed by atoms with Crippen LogP contribution in [-0.4, -0.2) is 25.4 Å². The van der Waals surface area contributed by atoms with Crippen molar-refractivity contribution in [3.05, 3.63) is 26.6 Å². The zero-order valence-electron chi connectivity index (χ0n) is 12.8. The van der Waals surface area contributed by atoms with Crippen molar-refractivity contribution in [3.8, 4) is 5.75 Å². The molecular weight excluding hydrogens is 398 g/mol. The summed E-state index contributed by atoms with van der Waals surface area (Å²) in [7, 11) is 1.73. The number of nitrogens with one attached hydrogen (secondary N) is 1. The second kappa shape index (κ2) is 7.44. The molecule has 0 radical (unpaired) electrons. The summed E-state index contributed by atoms with van der Waals surface area (Å²) in [6.07, 6.45) is 3.45. The van der Waals surface area contributed by atoms with Gasteiger partial charge in [-0.25, -0.2) is 0 Å². The Morgan fingerprint density at radius 2 is 1.86 bits per heavy atom. The lowest BCUT2D eigenvalue weighted by atomic mass is 10.1. The van der Waals surface area contributed by atoms with E-state index in [2.05, 4.69) is 63.2 Å². The van der Waals surface area contributed by atoms with Crippen LogP contribution >= 0.6 is 31.9 Å². The quantitative estimate of drug-likeness (QED) is 0.663. The van der Waals surface area contributed by atoms with E-state index in [0.717, 1.165) is 33.7 Å². The SMILES string of the molecule is COC(C)(C)CCOc1c(Br)cc(CNC2CC2)cc1Br. The topological polar surface area (TPSA) is 30.5 Å². The van der Waals surface area contributed by atoms with Crippen LogP contribution in [0, 0.1) is 0 Å². The van der Waals surface area contributed by atoms with Gasteiger partial charge in [0.15, 0.2) is 0 Å². The minimum atomic E-state index is -0.160. The maximum absolute atomic E-state index is 5.90. The smallest absolute Gasteiger partial charge is 0.147 e. The molecule has 0 saturated heterocycles. The van der Waals surface area contributed by atoms with Gasteiger partial charge in [0.05, 0.1) is 21.2 Å². The number of halogens is 2. The van der Waals surface area contributed by atoms with Crippen LogP contribution in [0.15, 0.2) is 21.1 Å². The molecular formula is C16H23Br2NO2. The van der Waals surface area contributed by atoms with Crippen LogP contribution < -0.4 is 10.1 Å². The molecule has 118 valence electrons. The van der Waals surface area contributed by atoms with Gasteiger partial charge in [0.25, 0.3) is 0 Å². The van der Waals surface area contributed by atoms with E-state index in [0.29, 0.717) is 6.61 Å². The highest BCUT2D eigenvalue weighted by Crippen LogP contribution is 2.35. The molecule has 1 aromatic rings. The van der Waals surface area contributed by atoms with Crippen LogP contribution in [0.5, 0.6) is 5.75 Å². The highest BCUT2D eigenvalue weighted by molar-refractivity contribution is 9.11. The molecule has 0 aliphatic heterocycles. The molecule has 3 nitrogen and oxygen atoms in total. The van der Waals surface area contributed by atoms with Gasteiger partial charge in [-0.15, -0.1) is 0 Å². The fraction of sp³-hybridized carbons (Fsp3) is 0.625. The number of hydrogen-bond donors (Lipinski definition) is 1. The molecule has 0 heterocycles. The fourth-order valence-electron chi connectivity index (χ4n) is 1.90. The van der Waals surface area contributed by atoms with Crippen LogP contribution in [0.4, 0.5) is 0 Å². The molecule has 1 saturated carbocycles. The van der Waals surface area contributed by atoms with Crippen molar-refractivity contribution in [1.29, 1.82) is 0 Å². The van der Waals surface area contributed by atoms with E-state index in [1.165, 1.54) is 18.4 Å². The molecule has 5 heteroatoms. The van der Waals surface area contributed by atoms with E-state index in [4.69, 9.17) is 9.47 Å². The van der Waals surface area contributed by atoms with Gasteiger partial charge in [0, 0.05) is 26.1 Å². The second-order valence-electron chi connectivity index (χ2n) is 6.11. The van der Waals surface area contributed by atoms with Crippen molar-refractivity contribution in [2.75, 3.05) is 13.7 Å². The van der Waals surface area contributed by atoms with E-state index in [1.807, 2.05) is 0 Å². The number of hydrogen-bond acceptors (Lipinski definition) is 3. The van der Waals surface area contributed by atoms with E-state index in [-0.39, 0.29) is 5.60 Å². The Hall–Kier alpha value is -0.100. The first kappa shape index (κ1) is 17.3. The third-order valence-electron chi connectivity index (χ3n) is 3.73. The normalized spacial score (nSPS) is 15.3. The first-order chi connectivity index (χ1) is 9.91. The van der Waals surface area contributed by atoms with Gasteiger partial charge in [-0.2, -0.15) is 0 Å². The van der Waals surface area contributed by atoms with E-state index >= 15 is 0 Å². The number of ether oxygens (including phenoxy) is 2. The largest absolute Gasteiger partial charge is 0.491 e. The predicted molar refractivity (Wildman–Crippen MR) is 92.9 cm³/mol. The summed E-state index contributed by atoms with van der Waals surface area (Å²) in [5, 5.41) is 3.52. The predicted octanol–water partition coefficient (Wildman–Crippen LogP) is 4.66. The Morgan fingerprint density at radius 1 is 1.24 bits per heavy atom. The minimum Gasteiger partial charge on any atom is -0.491 e. The Balaban J connectivity index is 1.92. The maximum Gasteiger partial charge on any atom is 0.147 e. The Bertz CT molecular complexity index is 464. The number of benzene rings is 1. The lowest BCUT2D eigenvalue weighted by Crippen LogP contribution is -2.25. The molecule has 0 unspecified atom stereocenters. The summed E-state index contributed by atoms with van der Waals surface area (Å²) < 4.78 is 13.3. The van der Waals surface area contributed by atoms with Crippen molar-refractivity contribution in [2.45, 2.75) is 51.3 Å². The molecule has 1 fully saturated rings. The molecule has 0 amide bonds. The van der Waals surface area contributed by atoms with Crippen LogP contribution in [0.2, 0.25) is 0 Å². The van der Waals surface area contributed by atoms with Crippen LogP contribution in [-0.2, 0) is 11.3 Å². The molecule has 1 N–H and O–H groups in total. The summed E-state index contributed by atoms with van der Waals surface area (Å²) >= 11 is 7.21. The zero-order valence-corrected chi connectivity index (χ0v) is 16.0. The Labute approximate surface area is 144 Å². The molecule has 1 aromatic carbocycles. The third kappa shape index (κ3) is 5.55. The number of rotatable bonds is 8. The van der Waals surface area contributed by atoms with Crippen molar-refractivity contribution < 1.29 is 9.47 Å². The minimum absolute atomic E-state index is 0.160. The summed E-state index contributed by atoms with van der Waals surface area (Å²) in [6, 6.07) is 4.96. The van der Waals surface area contributed by atoms with Crippen LogP contribution in [0.25, 0.3) is 0 Å². The van der Waals surface area contributed by atoms with E-state index < -0.39 is 0 Å². The van der Waals surface area contributed by atoms with Crippen molar-refractivity contribution >= 4 is 31.9 Å². The Kier molecular flexibility index (Phi) is 6.12. The monoisotopic (exact) mass is 419 g/mol. The van der Waals surface area contributed by atoms with Crippen molar-refractivity contribution in [1.82, 2.24) is 5.32 Å².